The predicted molar refractivity (Wildman–Crippen MR) is 88.5 cm³/mol. The molecule has 0 radical (unpaired) electrons. The Morgan fingerprint density at radius 2 is 1.05 bits per heavy atom. The average molecular weight is 322 g/mol. The molecule has 128 valence electrons. The predicted octanol–water partition coefficient (Wildman–Crippen LogP) is 5.84. The average Bonchev–Trinajstić information content (AvgIpc) is 2.45. The van der Waals surface area contributed by atoms with Crippen molar-refractivity contribution in [2.75, 3.05) is 13.2 Å². The van der Waals surface area contributed by atoms with Gasteiger partial charge >= 0.3 is 7.82 Å². The lowest BCUT2D eigenvalue weighted by Crippen LogP contribution is -1.98. The third-order valence-corrected chi connectivity index (χ3v) is 4.52. The first-order valence-electron chi connectivity index (χ1n) is 8.74. The lowest BCUT2D eigenvalue weighted by atomic mass is 10.1. The van der Waals surface area contributed by atoms with Crippen LogP contribution >= 0.6 is 7.82 Å². The van der Waals surface area contributed by atoms with Crippen LogP contribution in [-0.2, 0) is 13.6 Å². The van der Waals surface area contributed by atoms with Crippen molar-refractivity contribution in [1.82, 2.24) is 0 Å². The minimum Gasteiger partial charge on any atom is -0.302 e. The lowest BCUT2D eigenvalue weighted by Gasteiger charge is -2.11. The Bertz CT molecular complexity index is 259. The van der Waals surface area contributed by atoms with Crippen LogP contribution in [0.15, 0.2) is 0 Å². The molecule has 5 heteroatoms. The summed E-state index contributed by atoms with van der Waals surface area (Å²) in [6.07, 6.45) is 14.1. The highest BCUT2D eigenvalue weighted by atomic mass is 31.2. The summed E-state index contributed by atoms with van der Waals surface area (Å²) in [5.74, 6) is 0. The summed E-state index contributed by atoms with van der Waals surface area (Å²) in [6.45, 7) is 4.86. The fraction of sp³-hybridized carbons (Fsp3) is 1.00. The third kappa shape index (κ3) is 16.3. The number of rotatable bonds is 16. The molecular formula is C16H35O4P. The van der Waals surface area contributed by atoms with Crippen LogP contribution in [0, 0.1) is 0 Å². The Balaban J connectivity index is 3.26. The second-order valence-corrected chi connectivity index (χ2v) is 7.12. The molecule has 0 heterocycles. The quantitative estimate of drug-likeness (QED) is 0.286. The van der Waals surface area contributed by atoms with E-state index in [0.717, 1.165) is 25.7 Å². The molecule has 0 bridgehead atoms. The maximum atomic E-state index is 11.5. The fourth-order valence-corrected chi connectivity index (χ4v) is 2.93. The van der Waals surface area contributed by atoms with Gasteiger partial charge in [0.15, 0.2) is 0 Å². The topological polar surface area (TPSA) is 55.8 Å². The van der Waals surface area contributed by atoms with E-state index in [2.05, 4.69) is 6.92 Å². The molecule has 1 N–H and O–H groups in total. The molecule has 0 aromatic heterocycles. The number of hydrogen-bond acceptors (Lipinski definition) is 3. The van der Waals surface area contributed by atoms with E-state index < -0.39 is 7.82 Å². The zero-order valence-electron chi connectivity index (χ0n) is 14.0. The third-order valence-electron chi connectivity index (χ3n) is 3.50. The molecule has 0 amide bonds. The standard InChI is InChI=1S/C16H35O4P/c1-3-5-7-8-9-10-11-12-13-14-16-20-21(17,18)19-15-6-4-2/h3-16H2,1-2H3,(H,17,18). The SMILES string of the molecule is CCCCCCCCCCCCOP(=O)(O)OCCCC. The van der Waals surface area contributed by atoms with Gasteiger partial charge in [-0.25, -0.2) is 4.57 Å². The summed E-state index contributed by atoms with van der Waals surface area (Å²) in [4.78, 5) is 9.40. The maximum absolute atomic E-state index is 11.5. The second-order valence-electron chi connectivity index (χ2n) is 5.67. The molecule has 0 saturated heterocycles. The monoisotopic (exact) mass is 322 g/mol. The zero-order valence-corrected chi connectivity index (χ0v) is 14.9. The number of hydrogen-bond donors (Lipinski definition) is 1. The van der Waals surface area contributed by atoms with Crippen LogP contribution < -0.4 is 0 Å². The highest BCUT2D eigenvalue weighted by Gasteiger charge is 2.19. The van der Waals surface area contributed by atoms with Gasteiger partial charge in [-0.1, -0.05) is 78.1 Å². The van der Waals surface area contributed by atoms with Crippen LogP contribution in [0.25, 0.3) is 0 Å². The first-order valence-corrected chi connectivity index (χ1v) is 10.2. The van der Waals surface area contributed by atoms with Crippen LogP contribution in [0.2, 0.25) is 0 Å². The molecule has 0 aromatic carbocycles. The van der Waals surface area contributed by atoms with E-state index in [9.17, 15) is 9.46 Å². The van der Waals surface area contributed by atoms with Crippen molar-refractivity contribution in [1.29, 1.82) is 0 Å². The summed E-state index contributed by atoms with van der Waals surface area (Å²) in [5, 5.41) is 0. The smallest absolute Gasteiger partial charge is 0.302 e. The van der Waals surface area contributed by atoms with Gasteiger partial charge < -0.3 is 4.89 Å². The summed E-state index contributed by atoms with van der Waals surface area (Å²) in [5.41, 5.74) is 0. The molecular weight excluding hydrogens is 287 g/mol. The molecule has 0 aromatic rings. The maximum Gasteiger partial charge on any atom is 0.472 e. The number of phosphoric ester groups is 1. The highest BCUT2D eigenvalue weighted by Crippen LogP contribution is 2.43. The molecule has 1 unspecified atom stereocenters. The molecule has 0 spiro atoms. The van der Waals surface area contributed by atoms with Crippen molar-refractivity contribution in [2.24, 2.45) is 0 Å². The number of phosphoric acid groups is 1. The van der Waals surface area contributed by atoms with Gasteiger partial charge in [0, 0.05) is 0 Å². The minimum atomic E-state index is -3.80. The van der Waals surface area contributed by atoms with Crippen LogP contribution in [0.3, 0.4) is 0 Å². The van der Waals surface area contributed by atoms with E-state index in [4.69, 9.17) is 9.05 Å². The normalized spacial score (nSPS) is 14.2. The molecule has 1 atom stereocenters. The van der Waals surface area contributed by atoms with Gasteiger partial charge in [-0.15, -0.1) is 0 Å². The van der Waals surface area contributed by atoms with Gasteiger partial charge in [-0.05, 0) is 12.8 Å². The summed E-state index contributed by atoms with van der Waals surface area (Å²) in [7, 11) is -3.80. The number of unbranched alkanes of at least 4 members (excludes halogenated alkanes) is 10. The van der Waals surface area contributed by atoms with E-state index in [1.807, 2.05) is 6.92 Å². The van der Waals surface area contributed by atoms with E-state index >= 15 is 0 Å². The van der Waals surface area contributed by atoms with Crippen LogP contribution in [-0.4, -0.2) is 18.1 Å². The van der Waals surface area contributed by atoms with Crippen molar-refractivity contribution in [3.63, 3.8) is 0 Å². The van der Waals surface area contributed by atoms with Gasteiger partial charge in [0.1, 0.15) is 0 Å². The lowest BCUT2D eigenvalue weighted by molar-refractivity contribution is 0.146. The summed E-state index contributed by atoms with van der Waals surface area (Å²) >= 11 is 0. The molecule has 4 nitrogen and oxygen atoms in total. The first-order chi connectivity index (χ1) is 10.1. The summed E-state index contributed by atoms with van der Waals surface area (Å²) < 4.78 is 21.2. The largest absolute Gasteiger partial charge is 0.472 e. The Kier molecular flexibility index (Phi) is 15.1. The Morgan fingerprint density at radius 1 is 0.667 bits per heavy atom. The van der Waals surface area contributed by atoms with Gasteiger partial charge in [0.05, 0.1) is 13.2 Å². The van der Waals surface area contributed by atoms with E-state index in [-0.39, 0.29) is 0 Å². The molecule has 21 heavy (non-hydrogen) atoms. The van der Waals surface area contributed by atoms with E-state index in [0.29, 0.717) is 13.2 Å². The van der Waals surface area contributed by atoms with Crippen LogP contribution in [0.5, 0.6) is 0 Å². The molecule has 0 aliphatic rings. The van der Waals surface area contributed by atoms with Gasteiger partial charge in [0.25, 0.3) is 0 Å². The molecule has 0 aliphatic heterocycles. The molecule has 0 fully saturated rings. The zero-order chi connectivity index (χ0) is 15.8. The highest BCUT2D eigenvalue weighted by molar-refractivity contribution is 7.47. The summed E-state index contributed by atoms with van der Waals surface area (Å²) in [6, 6.07) is 0. The molecule has 0 rings (SSSR count). The second kappa shape index (κ2) is 15.0. The van der Waals surface area contributed by atoms with Gasteiger partial charge in [-0.3, -0.25) is 9.05 Å². The van der Waals surface area contributed by atoms with Crippen molar-refractivity contribution in [2.45, 2.75) is 90.9 Å². The van der Waals surface area contributed by atoms with Crippen LogP contribution in [0.4, 0.5) is 0 Å². The van der Waals surface area contributed by atoms with Crippen molar-refractivity contribution >= 4 is 7.82 Å². The van der Waals surface area contributed by atoms with Gasteiger partial charge in [0.2, 0.25) is 0 Å². The molecule has 0 saturated carbocycles. The van der Waals surface area contributed by atoms with E-state index in [1.54, 1.807) is 0 Å². The van der Waals surface area contributed by atoms with Crippen LogP contribution in [0.1, 0.15) is 90.9 Å². The Hall–Kier alpha value is 0.110. The van der Waals surface area contributed by atoms with Gasteiger partial charge in [-0.2, -0.15) is 0 Å². The van der Waals surface area contributed by atoms with Crippen molar-refractivity contribution in [3.05, 3.63) is 0 Å². The Morgan fingerprint density at radius 3 is 1.52 bits per heavy atom. The van der Waals surface area contributed by atoms with Crippen molar-refractivity contribution in [3.8, 4) is 0 Å². The first kappa shape index (κ1) is 21.1. The van der Waals surface area contributed by atoms with E-state index in [1.165, 1.54) is 51.4 Å². The minimum absolute atomic E-state index is 0.294. The Labute approximate surface area is 131 Å². The molecule has 0 aliphatic carbocycles. The fourth-order valence-electron chi connectivity index (χ4n) is 2.13. The van der Waals surface area contributed by atoms with Crippen molar-refractivity contribution < 1.29 is 18.5 Å².